The van der Waals surface area contributed by atoms with E-state index in [0.717, 1.165) is 37.7 Å². The predicted octanol–water partition coefficient (Wildman–Crippen LogP) is 5.23. The molecular weight excluding hydrogens is 495 g/mol. The molecular formula is C31H37FN4O3. The van der Waals surface area contributed by atoms with Crippen molar-refractivity contribution in [2.75, 3.05) is 6.54 Å². The van der Waals surface area contributed by atoms with Gasteiger partial charge >= 0.3 is 0 Å². The number of ketones is 1. The standard InChI is InChI=1S/C31H37FN4O3/c1-3-21-12-7-8-15-36(21)28(38)18-26(34-31(39)23-17-22(23)20-10-5-4-6-11-20)27(37)16-19(2)30-33-25-14-9-13-24(32)29(25)35-30/h4-6,9-11,13-14,19,21-23,26H,3,7-8,12,15-18H2,1-2H3,(H,33,35)(H,34,39)/t19-,21+,22+,23-,26+/m1/s1. The number of aromatic nitrogens is 2. The van der Waals surface area contributed by atoms with Gasteiger partial charge in [-0.25, -0.2) is 9.37 Å². The van der Waals surface area contributed by atoms with Crippen LogP contribution in [-0.2, 0) is 14.4 Å². The zero-order valence-corrected chi connectivity index (χ0v) is 22.7. The molecule has 1 saturated heterocycles. The number of H-pyrrole nitrogens is 1. The minimum atomic E-state index is -0.912. The fourth-order valence-electron chi connectivity index (χ4n) is 5.91. The number of hydrogen-bond acceptors (Lipinski definition) is 4. The maximum absolute atomic E-state index is 14.2. The maximum Gasteiger partial charge on any atom is 0.225 e. The van der Waals surface area contributed by atoms with Crippen molar-refractivity contribution in [3.63, 3.8) is 0 Å². The highest BCUT2D eigenvalue weighted by Crippen LogP contribution is 2.47. The molecule has 5 atom stereocenters. The first-order chi connectivity index (χ1) is 18.9. The van der Waals surface area contributed by atoms with Crippen molar-refractivity contribution >= 4 is 28.6 Å². The van der Waals surface area contributed by atoms with E-state index in [9.17, 15) is 18.8 Å². The molecule has 0 unspecified atom stereocenters. The first-order valence-corrected chi connectivity index (χ1v) is 14.2. The van der Waals surface area contributed by atoms with Crippen LogP contribution >= 0.6 is 0 Å². The lowest BCUT2D eigenvalue weighted by molar-refractivity contribution is -0.138. The molecule has 2 aromatic carbocycles. The second kappa shape index (κ2) is 11.7. The van der Waals surface area contributed by atoms with E-state index < -0.39 is 11.9 Å². The smallest absolute Gasteiger partial charge is 0.225 e. The van der Waals surface area contributed by atoms with Crippen LogP contribution in [0, 0.1) is 11.7 Å². The number of rotatable bonds is 10. The number of carbonyl (C=O) groups excluding carboxylic acids is 3. The van der Waals surface area contributed by atoms with Gasteiger partial charge in [0.05, 0.1) is 18.0 Å². The molecule has 1 aliphatic carbocycles. The fraction of sp³-hybridized carbons (Fsp3) is 0.484. The summed E-state index contributed by atoms with van der Waals surface area (Å²) in [5.74, 6) is -0.807. The van der Waals surface area contributed by atoms with Crippen molar-refractivity contribution in [1.29, 1.82) is 0 Å². The summed E-state index contributed by atoms with van der Waals surface area (Å²) >= 11 is 0. The Morgan fingerprint density at radius 2 is 1.90 bits per heavy atom. The molecule has 1 aromatic heterocycles. The lowest BCUT2D eigenvalue weighted by atomic mass is 9.95. The third-order valence-electron chi connectivity index (χ3n) is 8.31. The van der Waals surface area contributed by atoms with Crippen LogP contribution in [0.1, 0.15) is 82.0 Å². The van der Waals surface area contributed by atoms with Gasteiger partial charge in [-0.2, -0.15) is 0 Å². The number of benzene rings is 2. The van der Waals surface area contributed by atoms with Crippen molar-refractivity contribution in [2.45, 2.75) is 82.7 Å². The molecule has 7 nitrogen and oxygen atoms in total. The van der Waals surface area contributed by atoms with Crippen LogP contribution in [0.5, 0.6) is 0 Å². The van der Waals surface area contributed by atoms with Crippen LogP contribution < -0.4 is 5.32 Å². The van der Waals surface area contributed by atoms with Crippen molar-refractivity contribution in [1.82, 2.24) is 20.2 Å². The Balaban J connectivity index is 1.30. The van der Waals surface area contributed by atoms with E-state index in [1.807, 2.05) is 42.2 Å². The molecule has 5 rings (SSSR count). The molecule has 1 aliphatic heterocycles. The van der Waals surface area contributed by atoms with Crippen LogP contribution in [-0.4, -0.2) is 51.1 Å². The average Bonchev–Trinajstić information content (AvgIpc) is 3.63. The van der Waals surface area contributed by atoms with Gasteiger partial charge in [-0.1, -0.05) is 50.2 Å². The van der Waals surface area contributed by atoms with E-state index in [1.165, 1.54) is 6.07 Å². The largest absolute Gasteiger partial charge is 0.346 e. The number of Topliss-reactive ketones (excluding diaryl/α,β-unsaturated/α-hetero) is 1. The second-order valence-electron chi connectivity index (χ2n) is 11.1. The predicted molar refractivity (Wildman–Crippen MR) is 148 cm³/mol. The molecule has 2 aliphatic rings. The quantitative estimate of drug-likeness (QED) is 0.374. The summed E-state index contributed by atoms with van der Waals surface area (Å²) in [5, 5.41) is 2.95. The number of likely N-dealkylation sites (tertiary alicyclic amines) is 1. The van der Waals surface area contributed by atoms with Crippen molar-refractivity contribution < 1.29 is 18.8 Å². The number of fused-ring (bicyclic) bond motifs is 1. The van der Waals surface area contributed by atoms with Crippen LogP contribution in [0.25, 0.3) is 11.0 Å². The topological polar surface area (TPSA) is 95.2 Å². The first-order valence-electron chi connectivity index (χ1n) is 14.2. The zero-order valence-electron chi connectivity index (χ0n) is 22.7. The zero-order chi connectivity index (χ0) is 27.5. The van der Waals surface area contributed by atoms with Crippen LogP contribution in [0.15, 0.2) is 48.5 Å². The summed E-state index contributed by atoms with van der Waals surface area (Å²) in [6.07, 6.45) is 4.64. The molecule has 2 heterocycles. The molecule has 0 bridgehead atoms. The SMILES string of the molecule is CC[C@H]1CCCCN1C(=O)C[C@H](NC(=O)[C@@H]1C[C@H]1c1ccccc1)C(=O)C[C@@H](C)c1nc2c(F)cccc2[nH]1. The Kier molecular flexibility index (Phi) is 8.10. The Bertz CT molecular complexity index is 1340. The van der Waals surface area contributed by atoms with Gasteiger partial charge in [0.15, 0.2) is 11.6 Å². The van der Waals surface area contributed by atoms with E-state index in [1.54, 1.807) is 12.1 Å². The second-order valence-corrected chi connectivity index (χ2v) is 11.1. The number of amides is 2. The highest BCUT2D eigenvalue weighted by molar-refractivity contribution is 5.95. The van der Waals surface area contributed by atoms with Gasteiger partial charge < -0.3 is 15.2 Å². The molecule has 8 heteroatoms. The molecule has 1 saturated carbocycles. The van der Waals surface area contributed by atoms with Gasteiger partial charge in [-0.15, -0.1) is 0 Å². The fourth-order valence-corrected chi connectivity index (χ4v) is 5.91. The van der Waals surface area contributed by atoms with E-state index in [4.69, 9.17) is 0 Å². The number of para-hydroxylation sites is 1. The lowest BCUT2D eigenvalue weighted by Crippen LogP contribution is -2.49. The molecule has 2 fully saturated rings. The summed E-state index contributed by atoms with van der Waals surface area (Å²) in [6, 6.07) is 13.9. The summed E-state index contributed by atoms with van der Waals surface area (Å²) in [5.41, 5.74) is 1.92. The van der Waals surface area contributed by atoms with Crippen molar-refractivity contribution in [2.24, 2.45) is 5.92 Å². The summed E-state index contributed by atoms with van der Waals surface area (Å²) in [6.45, 7) is 4.61. The number of aromatic amines is 1. The summed E-state index contributed by atoms with van der Waals surface area (Å²) in [7, 11) is 0. The molecule has 2 N–H and O–H groups in total. The first kappa shape index (κ1) is 27.0. The normalized spacial score (nSPS) is 22.3. The Labute approximate surface area is 228 Å². The number of nitrogens with one attached hydrogen (secondary N) is 2. The van der Waals surface area contributed by atoms with Crippen LogP contribution in [0.2, 0.25) is 0 Å². The number of carbonyl (C=O) groups is 3. The molecule has 0 spiro atoms. The lowest BCUT2D eigenvalue weighted by Gasteiger charge is -2.36. The van der Waals surface area contributed by atoms with Gasteiger partial charge in [0.1, 0.15) is 11.3 Å². The Morgan fingerprint density at radius 1 is 1.10 bits per heavy atom. The van der Waals surface area contributed by atoms with Gasteiger partial charge in [-0.05, 0) is 55.7 Å². The minimum Gasteiger partial charge on any atom is -0.346 e. The summed E-state index contributed by atoms with van der Waals surface area (Å²) < 4.78 is 14.2. The number of halogens is 1. The van der Waals surface area contributed by atoms with E-state index >= 15 is 0 Å². The van der Waals surface area contributed by atoms with Crippen molar-refractivity contribution in [3.05, 3.63) is 65.7 Å². The van der Waals surface area contributed by atoms with E-state index in [-0.39, 0.29) is 59.8 Å². The number of hydrogen-bond donors (Lipinski definition) is 2. The average molecular weight is 533 g/mol. The molecule has 2 amide bonds. The minimum absolute atomic E-state index is 0.0503. The van der Waals surface area contributed by atoms with Gasteiger partial charge in [0, 0.05) is 30.8 Å². The third kappa shape index (κ3) is 6.05. The highest BCUT2D eigenvalue weighted by atomic mass is 19.1. The van der Waals surface area contributed by atoms with E-state index in [2.05, 4.69) is 22.2 Å². The molecule has 0 radical (unpaired) electrons. The van der Waals surface area contributed by atoms with Crippen LogP contribution in [0.4, 0.5) is 4.39 Å². The van der Waals surface area contributed by atoms with Gasteiger partial charge in [-0.3, -0.25) is 14.4 Å². The van der Waals surface area contributed by atoms with Crippen LogP contribution in [0.3, 0.4) is 0 Å². The van der Waals surface area contributed by atoms with Gasteiger partial charge in [0.25, 0.3) is 0 Å². The molecule has 3 aromatic rings. The maximum atomic E-state index is 14.2. The number of piperidine rings is 1. The highest BCUT2D eigenvalue weighted by Gasteiger charge is 2.45. The number of imidazole rings is 1. The Hall–Kier alpha value is -3.55. The molecule has 39 heavy (non-hydrogen) atoms. The van der Waals surface area contributed by atoms with Crippen molar-refractivity contribution in [3.8, 4) is 0 Å². The summed E-state index contributed by atoms with van der Waals surface area (Å²) in [4.78, 5) is 49.6. The number of nitrogens with zero attached hydrogens (tertiary/aromatic N) is 2. The third-order valence-corrected chi connectivity index (χ3v) is 8.31. The Morgan fingerprint density at radius 3 is 2.64 bits per heavy atom. The van der Waals surface area contributed by atoms with E-state index in [0.29, 0.717) is 17.9 Å². The molecule has 206 valence electrons. The van der Waals surface area contributed by atoms with Gasteiger partial charge in [0.2, 0.25) is 11.8 Å². The monoisotopic (exact) mass is 532 g/mol.